The molecule has 0 heterocycles. The summed E-state index contributed by atoms with van der Waals surface area (Å²) in [7, 11) is 1.63. The van der Waals surface area contributed by atoms with Gasteiger partial charge in [-0.15, -0.1) is 0 Å². The molecule has 2 aromatic carbocycles. The lowest BCUT2D eigenvalue weighted by Crippen LogP contribution is -2.25. The highest BCUT2D eigenvalue weighted by molar-refractivity contribution is 5.94. The maximum absolute atomic E-state index is 12.0. The number of amides is 1. The highest BCUT2D eigenvalue weighted by Crippen LogP contribution is 2.11. The van der Waals surface area contributed by atoms with Gasteiger partial charge in [-0.2, -0.15) is 5.26 Å². The van der Waals surface area contributed by atoms with E-state index in [9.17, 15) is 4.79 Å². The fraction of sp³-hybridized carbons (Fsp3) is 0.176. The monoisotopic (exact) mass is 280 g/mol. The molecule has 2 rings (SSSR count). The van der Waals surface area contributed by atoms with Gasteiger partial charge in [0, 0.05) is 12.1 Å². The Morgan fingerprint density at radius 1 is 1.24 bits per heavy atom. The first-order valence-corrected chi connectivity index (χ1v) is 6.64. The zero-order valence-corrected chi connectivity index (χ0v) is 11.8. The molecule has 0 bridgehead atoms. The number of nitrogens with one attached hydrogen (secondary N) is 1. The molecule has 0 radical (unpaired) electrons. The van der Waals surface area contributed by atoms with E-state index in [0.29, 0.717) is 17.7 Å². The maximum atomic E-state index is 12.0. The van der Waals surface area contributed by atoms with E-state index in [1.54, 1.807) is 31.4 Å². The molecule has 0 unspecified atom stereocenters. The van der Waals surface area contributed by atoms with Gasteiger partial charge in [-0.05, 0) is 42.3 Å². The lowest BCUT2D eigenvalue weighted by Gasteiger charge is -2.06. The zero-order valence-electron chi connectivity index (χ0n) is 11.8. The van der Waals surface area contributed by atoms with Crippen molar-refractivity contribution >= 4 is 5.91 Å². The van der Waals surface area contributed by atoms with Crippen LogP contribution in [0.4, 0.5) is 0 Å². The standard InChI is InChI=1S/C17H16N2O2/c1-21-16-7-5-13(6-8-16)9-10-19-17(20)15-4-2-3-14(11-15)12-18/h2-8,11H,9-10H2,1H3,(H,19,20). The summed E-state index contributed by atoms with van der Waals surface area (Å²) in [4.78, 5) is 12.0. The van der Waals surface area contributed by atoms with Crippen LogP contribution in [0.5, 0.6) is 5.75 Å². The second-order valence-corrected chi connectivity index (χ2v) is 4.55. The Balaban J connectivity index is 1.87. The topological polar surface area (TPSA) is 62.1 Å². The van der Waals surface area contributed by atoms with E-state index in [4.69, 9.17) is 10.00 Å². The van der Waals surface area contributed by atoms with E-state index in [1.807, 2.05) is 30.3 Å². The Hall–Kier alpha value is -2.80. The number of rotatable bonds is 5. The van der Waals surface area contributed by atoms with Gasteiger partial charge in [0.1, 0.15) is 5.75 Å². The second kappa shape index (κ2) is 7.11. The number of ether oxygens (including phenoxy) is 1. The van der Waals surface area contributed by atoms with Crippen LogP contribution < -0.4 is 10.1 Å². The third kappa shape index (κ3) is 4.08. The zero-order chi connectivity index (χ0) is 15.1. The number of hydrogen-bond acceptors (Lipinski definition) is 3. The van der Waals surface area contributed by atoms with Crippen LogP contribution in [0, 0.1) is 11.3 Å². The van der Waals surface area contributed by atoms with Gasteiger partial charge in [-0.25, -0.2) is 0 Å². The molecule has 0 saturated carbocycles. The quantitative estimate of drug-likeness (QED) is 0.915. The van der Waals surface area contributed by atoms with E-state index in [1.165, 1.54) is 0 Å². The Bertz CT molecular complexity index is 657. The Kier molecular flexibility index (Phi) is 4.94. The fourth-order valence-electron chi connectivity index (χ4n) is 1.94. The summed E-state index contributed by atoms with van der Waals surface area (Å²) < 4.78 is 5.10. The third-order valence-electron chi connectivity index (χ3n) is 3.11. The summed E-state index contributed by atoms with van der Waals surface area (Å²) in [6.45, 7) is 0.544. The van der Waals surface area contributed by atoms with Gasteiger partial charge in [-0.3, -0.25) is 4.79 Å². The first-order valence-electron chi connectivity index (χ1n) is 6.64. The van der Waals surface area contributed by atoms with Gasteiger partial charge >= 0.3 is 0 Å². The molecule has 2 aromatic rings. The van der Waals surface area contributed by atoms with Gasteiger partial charge in [-0.1, -0.05) is 18.2 Å². The minimum Gasteiger partial charge on any atom is -0.497 e. The van der Waals surface area contributed by atoms with Crippen molar-refractivity contribution in [1.29, 1.82) is 5.26 Å². The summed E-state index contributed by atoms with van der Waals surface area (Å²) in [5.41, 5.74) is 2.11. The molecular weight excluding hydrogens is 264 g/mol. The lowest BCUT2D eigenvalue weighted by molar-refractivity contribution is 0.0954. The summed E-state index contributed by atoms with van der Waals surface area (Å²) in [5, 5.41) is 11.7. The van der Waals surface area contributed by atoms with E-state index >= 15 is 0 Å². The molecule has 106 valence electrons. The second-order valence-electron chi connectivity index (χ2n) is 4.55. The Morgan fingerprint density at radius 2 is 2.00 bits per heavy atom. The maximum Gasteiger partial charge on any atom is 0.251 e. The van der Waals surface area contributed by atoms with Crippen LogP contribution in [-0.4, -0.2) is 19.6 Å². The summed E-state index contributed by atoms with van der Waals surface area (Å²) in [6, 6.07) is 16.4. The lowest BCUT2D eigenvalue weighted by atomic mass is 10.1. The van der Waals surface area contributed by atoms with Crippen molar-refractivity contribution in [2.75, 3.05) is 13.7 Å². The van der Waals surface area contributed by atoms with Crippen LogP contribution in [0.15, 0.2) is 48.5 Å². The van der Waals surface area contributed by atoms with Gasteiger partial charge in [0.15, 0.2) is 0 Å². The average Bonchev–Trinajstić information content (AvgIpc) is 2.55. The summed E-state index contributed by atoms with van der Waals surface area (Å²) in [5.74, 6) is 0.650. The van der Waals surface area contributed by atoms with E-state index in [2.05, 4.69) is 5.32 Å². The summed E-state index contributed by atoms with van der Waals surface area (Å²) in [6.07, 6.45) is 0.744. The van der Waals surface area contributed by atoms with Crippen molar-refractivity contribution in [3.8, 4) is 11.8 Å². The number of nitrogens with zero attached hydrogens (tertiary/aromatic N) is 1. The van der Waals surface area contributed by atoms with E-state index in [-0.39, 0.29) is 5.91 Å². The molecule has 0 aliphatic rings. The highest BCUT2D eigenvalue weighted by atomic mass is 16.5. The number of carbonyl (C=O) groups excluding carboxylic acids is 1. The number of carbonyl (C=O) groups is 1. The van der Waals surface area contributed by atoms with Crippen LogP contribution in [0.3, 0.4) is 0 Å². The fourth-order valence-corrected chi connectivity index (χ4v) is 1.94. The highest BCUT2D eigenvalue weighted by Gasteiger charge is 2.05. The SMILES string of the molecule is COc1ccc(CCNC(=O)c2cccc(C#N)c2)cc1. The molecule has 0 atom stereocenters. The van der Waals surface area contributed by atoms with Crippen LogP contribution >= 0.6 is 0 Å². The van der Waals surface area contributed by atoms with E-state index in [0.717, 1.165) is 17.7 Å². The molecule has 21 heavy (non-hydrogen) atoms. The van der Waals surface area contributed by atoms with Gasteiger partial charge in [0.05, 0.1) is 18.7 Å². The van der Waals surface area contributed by atoms with E-state index < -0.39 is 0 Å². The predicted octanol–water partition coefficient (Wildman–Crippen LogP) is 2.54. The first-order chi connectivity index (χ1) is 10.2. The third-order valence-corrected chi connectivity index (χ3v) is 3.11. The molecule has 0 aromatic heterocycles. The normalized spacial score (nSPS) is 9.71. The molecule has 0 aliphatic carbocycles. The van der Waals surface area contributed by atoms with Crippen molar-refractivity contribution in [2.24, 2.45) is 0 Å². The Labute approximate surface area is 124 Å². The van der Waals surface area contributed by atoms with Crippen LogP contribution in [-0.2, 0) is 6.42 Å². The number of hydrogen-bond donors (Lipinski definition) is 1. The molecule has 0 saturated heterocycles. The van der Waals surface area contributed by atoms with Crippen molar-refractivity contribution in [3.05, 3.63) is 65.2 Å². The van der Waals surface area contributed by atoms with Gasteiger partial charge in [0.25, 0.3) is 5.91 Å². The minimum atomic E-state index is -0.166. The Morgan fingerprint density at radius 3 is 2.67 bits per heavy atom. The van der Waals surface area contributed by atoms with Crippen molar-refractivity contribution < 1.29 is 9.53 Å². The van der Waals surface area contributed by atoms with Crippen molar-refractivity contribution in [3.63, 3.8) is 0 Å². The molecule has 1 N–H and O–H groups in total. The van der Waals surface area contributed by atoms with Crippen LogP contribution in [0.1, 0.15) is 21.5 Å². The number of methoxy groups -OCH3 is 1. The summed E-state index contributed by atoms with van der Waals surface area (Å²) >= 11 is 0. The van der Waals surface area contributed by atoms with Crippen molar-refractivity contribution in [2.45, 2.75) is 6.42 Å². The largest absolute Gasteiger partial charge is 0.497 e. The smallest absolute Gasteiger partial charge is 0.251 e. The van der Waals surface area contributed by atoms with Crippen LogP contribution in [0.25, 0.3) is 0 Å². The van der Waals surface area contributed by atoms with Crippen LogP contribution in [0.2, 0.25) is 0 Å². The minimum absolute atomic E-state index is 0.166. The first kappa shape index (κ1) is 14.6. The molecule has 1 amide bonds. The molecule has 4 heteroatoms. The molecule has 0 fully saturated rings. The number of benzene rings is 2. The predicted molar refractivity (Wildman–Crippen MR) is 80.2 cm³/mol. The molecule has 0 spiro atoms. The molecular formula is C17H16N2O2. The number of nitriles is 1. The molecule has 0 aliphatic heterocycles. The van der Waals surface area contributed by atoms with Gasteiger partial charge < -0.3 is 10.1 Å². The molecule has 4 nitrogen and oxygen atoms in total. The van der Waals surface area contributed by atoms with Gasteiger partial charge in [0.2, 0.25) is 0 Å². The van der Waals surface area contributed by atoms with Crippen molar-refractivity contribution in [1.82, 2.24) is 5.32 Å². The average molecular weight is 280 g/mol.